The van der Waals surface area contributed by atoms with Crippen LogP contribution in [0.4, 0.5) is 0 Å². The Kier molecular flexibility index (Phi) is 3.67. The highest BCUT2D eigenvalue weighted by atomic mass is 15.3. The van der Waals surface area contributed by atoms with E-state index in [-0.39, 0.29) is 0 Å². The smallest absolute Gasteiger partial charge is 0.0224 e. The van der Waals surface area contributed by atoms with Crippen molar-refractivity contribution in [2.24, 2.45) is 0 Å². The molecule has 2 heteroatoms. The van der Waals surface area contributed by atoms with Gasteiger partial charge in [-0.1, -0.05) is 30.3 Å². The Bertz CT molecular complexity index is 376. The van der Waals surface area contributed by atoms with Crippen LogP contribution >= 0.6 is 0 Å². The Balaban J connectivity index is 1.56. The molecule has 2 fully saturated rings. The Hall–Kier alpha value is -0.860. The van der Waals surface area contributed by atoms with Crippen LogP contribution in [-0.4, -0.2) is 48.1 Å². The lowest BCUT2D eigenvalue weighted by Crippen LogP contribution is -2.55. The first-order valence-corrected chi connectivity index (χ1v) is 7.35. The average Bonchev–Trinajstić information content (AvgIpc) is 2.84. The van der Waals surface area contributed by atoms with Gasteiger partial charge in [0.15, 0.2) is 0 Å². The number of fused-ring (bicyclic) bond motifs is 1. The molecule has 2 saturated heterocycles. The van der Waals surface area contributed by atoms with E-state index in [1.165, 1.54) is 51.0 Å². The third-order valence-corrected chi connectivity index (χ3v) is 4.60. The molecule has 1 aromatic carbocycles. The summed E-state index contributed by atoms with van der Waals surface area (Å²) in [5, 5.41) is 0. The minimum absolute atomic E-state index is 0.725. The van der Waals surface area contributed by atoms with E-state index in [4.69, 9.17) is 0 Å². The summed E-state index contributed by atoms with van der Waals surface area (Å²) in [4.78, 5) is 5.39. The molecule has 18 heavy (non-hydrogen) atoms. The zero-order chi connectivity index (χ0) is 12.4. The number of nitrogens with zero attached hydrogens (tertiary/aromatic N) is 2. The van der Waals surface area contributed by atoms with E-state index in [2.05, 4.69) is 47.1 Å². The Labute approximate surface area is 111 Å². The van der Waals surface area contributed by atoms with Crippen molar-refractivity contribution in [2.75, 3.05) is 26.2 Å². The highest BCUT2D eigenvalue weighted by Gasteiger charge is 2.33. The number of piperazine rings is 1. The zero-order valence-corrected chi connectivity index (χ0v) is 11.4. The maximum atomic E-state index is 2.70. The van der Waals surface area contributed by atoms with Crippen LogP contribution in [-0.2, 0) is 6.42 Å². The molecule has 0 spiro atoms. The van der Waals surface area contributed by atoms with Gasteiger partial charge in [0.05, 0.1) is 0 Å². The Morgan fingerprint density at radius 3 is 2.83 bits per heavy atom. The van der Waals surface area contributed by atoms with Crippen molar-refractivity contribution in [1.82, 2.24) is 9.80 Å². The molecular weight excluding hydrogens is 220 g/mol. The van der Waals surface area contributed by atoms with Gasteiger partial charge in [-0.15, -0.1) is 0 Å². The fraction of sp³-hybridized carbons (Fsp3) is 0.625. The first-order chi connectivity index (χ1) is 8.83. The topological polar surface area (TPSA) is 6.48 Å². The predicted octanol–water partition coefficient (Wildman–Crippen LogP) is 2.40. The lowest BCUT2D eigenvalue weighted by atomic mass is 10.1. The van der Waals surface area contributed by atoms with Crippen molar-refractivity contribution < 1.29 is 0 Å². The van der Waals surface area contributed by atoms with Gasteiger partial charge in [0.2, 0.25) is 0 Å². The van der Waals surface area contributed by atoms with E-state index < -0.39 is 0 Å². The zero-order valence-electron chi connectivity index (χ0n) is 11.4. The molecule has 0 aliphatic carbocycles. The van der Waals surface area contributed by atoms with Gasteiger partial charge in [-0.05, 0) is 38.3 Å². The summed E-state index contributed by atoms with van der Waals surface area (Å²) in [7, 11) is 0. The maximum Gasteiger partial charge on any atom is 0.0224 e. The summed E-state index contributed by atoms with van der Waals surface area (Å²) < 4.78 is 0. The van der Waals surface area contributed by atoms with Gasteiger partial charge >= 0.3 is 0 Å². The van der Waals surface area contributed by atoms with Crippen LogP contribution < -0.4 is 0 Å². The molecular formula is C16H24N2. The van der Waals surface area contributed by atoms with Crippen LogP contribution in [0.15, 0.2) is 30.3 Å². The fourth-order valence-electron chi connectivity index (χ4n) is 3.48. The van der Waals surface area contributed by atoms with Gasteiger partial charge in [0.1, 0.15) is 0 Å². The molecule has 98 valence electrons. The van der Waals surface area contributed by atoms with E-state index in [0.717, 1.165) is 12.1 Å². The van der Waals surface area contributed by atoms with Gasteiger partial charge in [0, 0.05) is 31.7 Å². The summed E-state index contributed by atoms with van der Waals surface area (Å²) in [5.41, 5.74) is 1.47. The monoisotopic (exact) mass is 244 g/mol. The summed E-state index contributed by atoms with van der Waals surface area (Å²) in [6, 6.07) is 12.5. The van der Waals surface area contributed by atoms with Gasteiger partial charge in [-0.2, -0.15) is 0 Å². The largest absolute Gasteiger partial charge is 0.298 e. The summed E-state index contributed by atoms with van der Waals surface area (Å²) in [6.45, 7) is 7.50. The van der Waals surface area contributed by atoms with E-state index in [0.29, 0.717) is 0 Å². The lowest BCUT2D eigenvalue weighted by Gasteiger charge is -2.42. The van der Waals surface area contributed by atoms with Gasteiger partial charge in [0.25, 0.3) is 0 Å². The number of hydrogen-bond donors (Lipinski definition) is 0. The van der Waals surface area contributed by atoms with Crippen molar-refractivity contribution in [1.29, 1.82) is 0 Å². The molecule has 3 rings (SSSR count). The highest BCUT2D eigenvalue weighted by Crippen LogP contribution is 2.24. The fourth-order valence-corrected chi connectivity index (χ4v) is 3.48. The van der Waals surface area contributed by atoms with Crippen LogP contribution in [0.5, 0.6) is 0 Å². The molecule has 0 amide bonds. The third kappa shape index (κ3) is 2.60. The van der Waals surface area contributed by atoms with Gasteiger partial charge < -0.3 is 0 Å². The molecule has 0 bridgehead atoms. The maximum absolute atomic E-state index is 2.70. The van der Waals surface area contributed by atoms with Crippen molar-refractivity contribution in [3.63, 3.8) is 0 Å². The van der Waals surface area contributed by atoms with E-state index in [1.807, 2.05) is 0 Å². The second-order valence-corrected chi connectivity index (χ2v) is 5.87. The molecule has 2 unspecified atom stereocenters. The SMILES string of the molecule is CC1CN2CCCC2CN1CCc1ccccc1. The van der Waals surface area contributed by atoms with Crippen molar-refractivity contribution in [3.8, 4) is 0 Å². The molecule has 0 saturated carbocycles. The van der Waals surface area contributed by atoms with Crippen LogP contribution in [0.2, 0.25) is 0 Å². The van der Waals surface area contributed by atoms with E-state index in [9.17, 15) is 0 Å². The van der Waals surface area contributed by atoms with Crippen LogP contribution in [0.3, 0.4) is 0 Å². The lowest BCUT2D eigenvalue weighted by molar-refractivity contribution is 0.0605. The van der Waals surface area contributed by atoms with Crippen LogP contribution in [0.25, 0.3) is 0 Å². The minimum Gasteiger partial charge on any atom is -0.298 e. The first kappa shape index (κ1) is 12.2. The molecule has 2 aliphatic heterocycles. The van der Waals surface area contributed by atoms with Crippen molar-refractivity contribution in [3.05, 3.63) is 35.9 Å². The summed E-state index contributed by atoms with van der Waals surface area (Å²) in [5.74, 6) is 0. The van der Waals surface area contributed by atoms with Crippen molar-refractivity contribution in [2.45, 2.75) is 38.3 Å². The summed E-state index contributed by atoms with van der Waals surface area (Å²) in [6.07, 6.45) is 4.01. The van der Waals surface area contributed by atoms with Gasteiger partial charge in [-0.25, -0.2) is 0 Å². The number of hydrogen-bond acceptors (Lipinski definition) is 2. The normalized spacial score (nSPS) is 29.4. The molecule has 0 aromatic heterocycles. The quantitative estimate of drug-likeness (QED) is 0.805. The molecule has 0 radical (unpaired) electrons. The number of benzene rings is 1. The second kappa shape index (κ2) is 5.41. The van der Waals surface area contributed by atoms with Gasteiger partial charge in [-0.3, -0.25) is 9.80 Å². The van der Waals surface area contributed by atoms with E-state index >= 15 is 0 Å². The van der Waals surface area contributed by atoms with E-state index in [1.54, 1.807) is 0 Å². The standard InChI is InChI=1S/C16H24N2/c1-14-12-18-10-5-8-16(18)13-17(14)11-9-15-6-3-2-4-7-15/h2-4,6-7,14,16H,5,8-13H2,1H3. The molecule has 0 N–H and O–H groups in total. The Morgan fingerprint density at radius 2 is 2.00 bits per heavy atom. The number of rotatable bonds is 3. The highest BCUT2D eigenvalue weighted by molar-refractivity contribution is 5.15. The molecule has 2 nitrogen and oxygen atoms in total. The predicted molar refractivity (Wildman–Crippen MR) is 75.8 cm³/mol. The Morgan fingerprint density at radius 1 is 1.17 bits per heavy atom. The molecule has 1 aromatic rings. The average molecular weight is 244 g/mol. The minimum atomic E-state index is 0.725. The molecule has 2 aliphatic rings. The summed E-state index contributed by atoms with van der Waals surface area (Å²) >= 11 is 0. The first-order valence-electron chi connectivity index (χ1n) is 7.35. The van der Waals surface area contributed by atoms with Crippen LogP contribution in [0.1, 0.15) is 25.3 Å². The molecule has 2 heterocycles. The second-order valence-electron chi connectivity index (χ2n) is 5.87. The molecule has 2 atom stereocenters. The van der Waals surface area contributed by atoms with Crippen LogP contribution in [0, 0.1) is 0 Å². The van der Waals surface area contributed by atoms with Crippen molar-refractivity contribution >= 4 is 0 Å². The third-order valence-electron chi connectivity index (χ3n) is 4.60.